The number of ether oxygens (including phenoxy) is 1. The Morgan fingerprint density at radius 3 is 2.50 bits per heavy atom. The molecule has 3 rings (SSSR count). The number of carboxylic acids is 1. The van der Waals surface area contributed by atoms with E-state index in [2.05, 4.69) is 5.32 Å². The zero-order chi connectivity index (χ0) is 20.4. The number of carbonyl (C=O) groups is 4. The summed E-state index contributed by atoms with van der Waals surface area (Å²) >= 11 is 5.88. The van der Waals surface area contributed by atoms with Crippen molar-refractivity contribution >= 4 is 41.0 Å². The first-order chi connectivity index (χ1) is 13.3. The van der Waals surface area contributed by atoms with Crippen molar-refractivity contribution in [1.82, 2.24) is 4.90 Å². The highest BCUT2D eigenvalue weighted by molar-refractivity contribution is 6.31. The van der Waals surface area contributed by atoms with Crippen molar-refractivity contribution in [2.45, 2.75) is 0 Å². The molecule has 2 N–H and O–H groups in total. The van der Waals surface area contributed by atoms with Gasteiger partial charge in [0.2, 0.25) is 0 Å². The Morgan fingerprint density at radius 1 is 1.11 bits per heavy atom. The Hall–Kier alpha value is -3.23. The van der Waals surface area contributed by atoms with Crippen LogP contribution in [0.25, 0.3) is 0 Å². The molecule has 0 radical (unpaired) electrons. The molecule has 0 aromatic heterocycles. The van der Waals surface area contributed by atoms with Crippen LogP contribution in [0.2, 0.25) is 5.02 Å². The van der Waals surface area contributed by atoms with Gasteiger partial charge in [-0.15, -0.1) is 0 Å². The first kappa shape index (κ1) is 19.5. The Bertz CT molecular complexity index is 1000. The Morgan fingerprint density at radius 2 is 1.82 bits per heavy atom. The molecule has 8 nitrogen and oxygen atoms in total. The Kier molecular flexibility index (Phi) is 5.43. The van der Waals surface area contributed by atoms with Crippen molar-refractivity contribution in [3.63, 3.8) is 0 Å². The fraction of sp³-hybridized carbons (Fsp3) is 0.158. The minimum atomic E-state index is -1.23. The normalized spacial score (nSPS) is 12.9. The molecule has 1 aliphatic heterocycles. The van der Waals surface area contributed by atoms with Gasteiger partial charge in [0.15, 0.2) is 0 Å². The van der Waals surface area contributed by atoms with Gasteiger partial charge in [-0.2, -0.15) is 0 Å². The minimum absolute atomic E-state index is 0.0228. The SMILES string of the molecule is COCCN1C(=O)c2ccc(C(=O)Nc3cc(Cl)ccc3C(=O)O)cc2C1=O. The van der Waals surface area contributed by atoms with E-state index in [1.54, 1.807) is 0 Å². The maximum absolute atomic E-state index is 12.6. The number of anilines is 1. The van der Waals surface area contributed by atoms with E-state index in [0.717, 1.165) is 4.90 Å². The third-order valence-corrected chi connectivity index (χ3v) is 4.45. The molecule has 3 amide bonds. The van der Waals surface area contributed by atoms with E-state index < -0.39 is 23.7 Å². The quantitative estimate of drug-likeness (QED) is 0.718. The van der Waals surface area contributed by atoms with Gasteiger partial charge in [0.1, 0.15) is 0 Å². The molecular formula is C19H15ClN2O6. The maximum atomic E-state index is 12.6. The van der Waals surface area contributed by atoms with Crippen LogP contribution in [0.3, 0.4) is 0 Å². The van der Waals surface area contributed by atoms with Crippen LogP contribution in [0, 0.1) is 0 Å². The monoisotopic (exact) mass is 402 g/mol. The van der Waals surface area contributed by atoms with Gasteiger partial charge in [-0.3, -0.25) is 19.3 Å². The van der Waals surface area contributed by atoms with Crippen LogP contribution in [0.1, 0.15) is 41.4 Å². The van der Waals surface area contributed by atoms with Crippen molar-refractivity contribution < 1.29 is 29.0 Å². The molecule has 9 heteroatoms. The smallest absolute Gasteiger partial charge is 0.337 e. The molecule has 0 fully saturated rings. The summed E-state index contributed by atoms with van der Waals surface area (Å²) in [6, 6.07) is 8.09. The van der Waals surface area contributed by atoms with Crippen molar-refractivity contribution in [1.29, 1.82) is 0 Å². The summed E-state index contributed by atoms with van der Waals surface area (Å²) in [4.78, 5) is 49.7. The number of halogens is 1. The molecule has 1 heterocycles. The number of nitrogens with zero attached hydrogens (tertiary/aromatic N) is 1. The van der Waals surface area contributed by atoms with E-state index in [-0.39, 0.29) is 46.1 Å². The van der Waals surface area contributed by atoms with E-state index in [0.29, 0.717) is 0 Å². The second-order valence-corrected chi connectivity index (χ2v) is 6.40. The van der Waals surface area contributed by atoms with E-state index in [9.17, 15) is 24.3 Å². The lowest BCUT2D eigenvalue weighted by Crippen LogP contribution is -2.32. The number of methoxy groups -OCH3 is 1. The van der Waals surface area contributed by atoms with Gasteiger partial charge in [-0.05, 0) is 36.4 Å². The van der Waals surface area contributed by atoms with E-state index in [4.69, 9.17) is 16.3 Å². The number of imide groups is 1. The van der Waals surface area contributed by atoms with Gasteiger partial charge >= 0.3 is 5.97 Å². The number of carbonyl (C=O) groups excluding carboxylic acids is 3. The van der Waals surface area contributed by atoms with Crippen LogP contribution in [0.15, 0.2) is 36.4 Å². The number of benzene rings is 2. The largest absolute Gasteiger partial charge is 0.478 e. The summed E-state index contributed by atoms with van der Waals surface area (Å²) in [5.74, 6) is -2.83. The summed E-state index contributed by atoms with van der Waals surface area (Å²) in [5, 5.41) is 12.0. The standard InChI is InChI=1S/C19H15ClN2O6/c1-28-7-6-22-17(24)12-4-2-10(8-14(12)18(22)25)16(23)21-15-9-11(20)3-5-13(15)19(26)27/h2-5,8-9H,6-7H2,1H3,(H,21,23)(H,26,27). The van der Waals surface area contributed by atoms with E-state index in [1.165, 1.54) is 43.5 Å². The molecule has 28 heavy (non-hydrogen) atoms. The van der Waals surface area contributed by atoms with Crippen LogP contribution in [0.5, 0.6) is 0 Å². The number of nitrogens with one attached hydrogen (secondary N) is 1. The number of hydrogen-bond donors (Lipinski definition) is 2. The van der Waals surface area contributed by atoms with Crippen LogP contribution in [-0.4, -0.2) is 54.0 Å². The fourth-order valence-electron chi connectivity index (χ4n) is 2.82. The minimum Gasteiger partial charge on any atom is -0.478 e. The Labute approximate surface area is 164 Å². The topological polar surface area (TPSA) is 113 Å². The van der Waals surface area contributed by atoms with Crippen molar-refractivity contribution in [3.8, 4) is 0 Å². The molecule has 1 aliphatic rings. The molecule has 2 aromatic carbocycles. The number of aromatic carboxylic acids is 1. The Balaban J connectivity index is 1.88. The lowest BCUT2D eigenvalue weighted by Gasteiger charge is -2.12. The van der Waals surface area contributed by atoms with Gasteiger partial charge in [-0.1, -0.05) is 11.6 Å². The molecule has 0 saturated carbocycles. The second kappa shape index (κ2) is 7.79. The molecular weight excluding hydrogens is 388 g/mol. The second-order valence-electron chi connectivity index (χ2n) is 5.96. The van der Waals surface area contributed by atoms with Gasteiger partial charge in [0.05, 0.1) is 35.5 Å². The number of carboxylic acid groups (broad SMARTS) is 1. The molecule has 0 saturated heterocycles. The number of hydrogen-bond acceptors (Lipinski definition) is 5. The summed E-state index contributed by atoms with van der Waals surface area (Å²) in [5.41, 5.74) is 0.306. The molecule has 2 aromatic rings. The fourth-order valence-corrected chi connectivity index (χ4v) is 2.99. The molecule has 0 bridgehead atoms. The summed E-state index contributed by atoms with van der Waals surface area (Å²) in [6.07, 6.45) is 0. The average molecular weight is 403 g/mol. The summed E-state index contributed by atoms with van der Waals surface area (Å²) in [7, 11) is 1.46. The predicted octanol–water partition coefficient (Wildman–Crippen LogP) is 2.53. The van der Waals surface area contributed by atoms with Crippen molar-refractivity contribution in [2.24, 2.45) is 0 Å². The zero-order valence-corrected chi connectivity index (χ0v) is 15.4. The van der Waals surface area contributed by atoms with Crippen LogP contribution in [0.4, 0.5) is 5.69 Å². The van der Waals surface area contributed by atoms with Gasteiger partial charge < -0.3 is 15.2 Å². The van der Waals surface area contributed by atoms with Crippen molar-refractivity contribution in [2.75, 3.05) is 25.6 Å². The third kappa shape index (κ3) is 3.60. The first-order valence-corrected chi connectivity index (χ1v) is 8.54. The van der Waals surface area contributed by atoms with Crippen LogP contribution < -0.4 is 5.32 Å². The highest BCUT2D eigenvalue weighted by Gasteiger charge is 2.35. The van der Waals surface area contributed by atoms with Gasteiger partial charge in [-0.25, -0.2) is 4.79 Å². The predicted molar refractivity (Wildman–Crippen MR) is 100 cm³/mol. The first-order valence-electron chi connectivity index (χ1n) is 8.17. The third-order valence-electron chi connectivity index (χ3n) is 4.21. The zero-order valence-electron chi connectivity index (χ0n) is 14.7. The van der Waals surface area contributed by atoms with Crippen LogP contribution >= 0.6 is 11.6 Å². The molecule has 0 aliphatic carbocycles. The maximum Gasteiger partial charge on any atom is 0.337 e. The van der Waals surface area contributed by atoms with Crippen LogP contribution in [-0.2, 0) is 4.74 Å². The number of rotatable bonds is 6. The van der Waals surface area contributed by atoms with Crippen molar-refractivity contribution in [3.05, 3.63) is 63.7 Å². The summed E-state index contributed by atoms with van der Waals surface area (Å²) < 4.78 is 4.90. The molecule has 144 valence electrons. The lowest BCUT2D eigenvalue weighted by atomic mass is 10.0. The average Bonchev–Trinajstić information content (AvgIpc) is 2.90. The van der Waals surface area contributed by atoms with Gasteiger partial charge in [0.25, 0.3) is 17.7 Å². The van der Waals surface area contributed by atoms with Gasteiger partial charge in [0, 0.05) is 17.7 Å². The summed E-state index contributed by atoms with van der Waals surface area (Å²) in [6.45, 7) is 0.306. The highest BCUT2D eigenvalue weighted by atomic mass is 35.5. The molecule has 0 unspecified atom stereocenters. The number of fused-ring (bicyclic) bond motifs is 1. The number of amides is 3. The van der Waals surface area contributed by atoms with E-state index >= 15 is 0 Å². The van der Waals surface area contributed by atoms with E-state index in [1.807, 2.05) is 0 Å². The lowest BCUT2D eigenvalue weighted by molar-refractivity contribution is 0.0601. The molecule has 0 atom stereocenters. The highest BCUT2D eigenvalue weighted by Crippen LogP contribution is 2.25. The molecule has 0 spiro atoms.